The largest absolute Gasteiger partial charge is 0.506 e. The van der Waals surface area contributed by atoms with Crippen LogP contribution in [0.4, 0.5) is 5.69 Å². The molecule has 1 aromatic heterocycles. The summed E-state index contributed by atoms with van der Waals surface area (Å²) < 4.78 is 30.5. The maximum Gasteiger partial charge on any atom is 0.286 e. The van der Waals surface area contributed by atoms with Crippen molar-refractivity contribution in [2.45, 2.75) is 37.5 Å². The SMILES string of the molecule is C[C@@H]1CCC/C(=N/n2c(=O)c(C3=NS(=O)(=O)c4ccccc4N3)c(O)c3ccccc32)C1. The van der Waals surface area contributed by atoms with E-state index in [4.69, 9.17) is 0 Å². The molecule has 9 heteroatoms. The summed E-state index contributed by atoms with van der Waals surface area (Å²) in [6, 6.07) is 13.2. The number of amidine groups is 1. The van der Waals surface area contributed by atoms with Gasteiger partial charge in [0.05, 0.1) is 11.2 Å². The molecule has 1 aliphatic carbocycles. The van der Waals surface area contributed by atoms with Gasteiger partial charge in [-0.05, 0) is 55.9 Å². The van der Waals surface area contributed by atoms with Crippen LogP contribution >= 0.6 is 0 Å². The van der Waals surface area contributed by atoms with Gasteiger partial charge in [-0.2, -0.15) is 18.2 Å². The number of anilines is 1. The van der Waals surface area contributed by atoms with Gasteiger partial charge in [-0.1, -0.05) is 31.2 Å². The highest BCUT2D eigenvalue weighted by molar-refractivity contribution is 7.90. The smallest absolute Gasteiger partial charge is 0.286 e. The van der Waals surface area contributed by atoms with Crippen LogP contribution in [0.2, 0.25) is 0 Å². The van der Waals surface area contributed by atoms with Gasteiger partial charge in [0.2, 0.25) is 0 Å². The number of fused-ring (bicyclic) bond motifs is 2. The molecule has 0 unspecified atom stereocenters. The summed E-state index contributed by atoms with van der Waals surface area (Å²) in [4.78, 5) is 13.6. The molecule has 3 aromatic rings. The molecule has 1 atom stereocenters. The number of para-hydroxylation sites is 2. The third kappa shape index (κ3) is 3.38. The number of rotatable bonds is 2. The van der Waals surface area contributed by atoms with Crippen molar-refractivity contribution in [2.75, 3.05) is 5.32 Å². The number of hydrogen-bond donors (Lipinski definition) is 2. The first-order chi connectivity index (χ1) is 15.3. The van der Waals surface area contributed by atoms with E-state index in [0.29, 0.717) is 22.5 Å². The maximum absolute atomic E-state index is 13.6. The quantitative estimate of drug-likeness (QED) is 0.618. The topological polar surface area (TPSA) is 113 Å². The number of nitrogens with zero attached hydrogens (tertiary/aromatic N) is 3. The summed E-state index contributed by atoms with van der Waals surface area (Å²) in [7, 11) is -4.04. The summed E-state index contributed by atoms with van der Waals surface area (Å²) in [6.45, 7) is 2.15. The highest BCUT2D eigenvalue weighted by Gasteiger charge is 2.30. The van der Waals surface area contributed by atoms with Gasteiger partial charge in [0.1, 0.15) is 16.2 Å². The third-order valence-electron chi connectivity index (χ3n) is 5.88. The molecule has 0 radical (unpaired) electrons. The van der Waals surface area contributed by atoms with Crippen molar-refractivity contribution >= 4 is 38.2 Å². The predicted octanol–water partition coefficient (Wildman–Crippen LogP) is 3.68. The Morgan fingerprint density at radius 3 is 2.72 bits per heavy atom. The van der Waals surface area contributed by atoms with Gasteiger partial charge in [0, 0.05) is 11.1 Å². The van der Waals surface area contributed by atoms with Crippen LogP contribution in [0, 0.1) is 5.92 Å². The molecule has 2 aliphatic rings. The van der Waals surface area contributed by atoms with Gasteiger partial charge < -0.3 is 10.4 Å². The van der Waals surface area contributed by atoms with Crippen LogP contribution in [-0.2, 0) is 10.0 Å². The second-order valence-corrected chi connectivity index (χ2v) is 9.83. The van der Waals surface area contributed by atoms with Crippen LogP contribution in [0.5, 0.6) is 5.75 Å². The molecule has 1 aliphatic heterocycles. The van der Waals surface area contributed by atoms with Crippen LogP contribution in [0.25, 0.3) is 10.9 Å². The normalized spacial score (nSPS) is 21.1. The fraction of sp³-hybridized carbons (Fsp3) is 0.261. The minimum Gasteiger partial charge on any atom is -0.506 e. The van der Waals surface area contributed by atoms with E-state index in [1.54, 1.807) is 42.5 Å². The Hall–Kier alpha value is -3.46. The molecule has 1 fully saturated rings. The minimum absolute atomic E-state index is 0.0146. The number of sulfonamides is 1. The number of benzene rings is 2. The molecule has 0 spiro atoms. The van der Waals surface area contributed by atoms with Crippen LogP contribution in [-0.4, -0.2) is 29.7 Å². The average molecular weight is 451 g/mol. The molecule has 0 saturated heterocycles. The Kier molecular flexibility index (Phi) is 4.85. The Labute approximate surface area is 185 Å². The summed E-state index contributed by atoms with van der Waals surface area (Å²) in [5.74, 6) is -0.0742. The lowest BCUT2D eigenvalue weighted by Crippen LogP contribution is -2.32. The maximum atomic E-state index is 13.6. The Morgan fingerprint density at radius 1 is 1.16 bits per heavy atom. The van der Waals surface area contributed by atoms with E-state index in [1.165, 1.54) is 10.7 Å². The Bertz CT molecular complexity index is 1470. The monoisotopic (exact) mass is 450 g/mol. The van der Waals surface area contributed by atoms with Crippen LogP contribution in [0.1, 0.15) is 38.2 Å². The summed E-state index contributed by atoms with van der Waals surface area (Å²) >= 11 is 0. The lowest BCUT2D eigenvalue weighted by Gasteiger charge is -2.21. The van der Waals surface area contributed by atoms with E-state index in [2.05, 4.69) is 21.7 Å². The number of hydrogen-bond acceptors (Lipinski definition) is 6. The molecular weight excluding hydrogens is 428 g/mol. The number of aromatic nitrogens is 1. The molecule has 0 bridgehead atoms. The lowest BCUT2D eigenvalue weighted by atomic mass is 9.89. The zero-order valence-electron chi connectivity index (χ0n) is 17.4. The van der Waals surface area contributed by atoms with E-state index in [-0.39, 0.29) is 22.0 Å². The molecule has 32 heavy (non-hydrogen) atoms. The first-order valence-electron chi connectivity index (χ1n) is 10.5. The number of pyridine rings is 1. The first-order valence-corrected chi connectivity index (χ1v) is 11.9. The van der Waals surface area contributed by atoms with Crippen molar-refractivity contribution in [1.29, 1.82) is 0 Å². The van der Waals surface area contributed by atoms with Crippen LogP contribution in [0.3, 0.4) is 0 Å². The summed E-state index contributed by atoms with van der Waals surface area (Å²) in [6.07, 6.45) is 3.70. The fourth-order valence-electron chi connectivity index (χ4n) is 4.34. The molecule has 0 amide bonds. The molecule has 2 aromatic carbocycles. The van der Waals surface area contributed by atoms with Gasteiger partial charge in [0.15, 0.2) is 5.84 Å². The van der Waals surface area contributed by atoms with Crippen molar-refractivity contribution in [2.24, 2.45) is 15.4 Å². The predicted molar refractivity (Wildman–Crippen MR) is 124 cm³/mol. The highest BCUT2D eigenvalue weighted by Crippen LogP contribution is 2.32. The van der Waals surface area contributed by atoms with Crippen molar-refractivity contribution in [3.63, 3.8) is 0 Å². The van der Waals surface area contributed by atoms with Crippen LogP contribution in [0.15, 0.2) is 67.7 Å². The highest BCUT2D eigenvalue weighted by atomic mass is 32.2. The van der Waals surface area contributed by atoms with Gasteiger partial charge in [-0.3, -0.25) is 4.79 Å². The summed E-state index contributed by atoms with van der Waals surface area (Å²) in [5.41, 5.74) is 0.791. The van der Waals surface area contributed by atoms with Crippen molar-refractivity contribution in [3.05, 3.63) is 64.4 Å². The third-order valence-corrected chi connectivity index (χ3v) is 7.22. The Morgan fingerprint density at radius 2 is 1.91 bits per heavy atom. The minimum atomic E-state index is -4.04. The van der Waals surface area contributed by atoms with E-state index in [0.717, 1.165) is 31.4 Å². The average Bonchev–Trinajstić information content (AvgIpc) is 2.76. The number of nitrogens with one attached hydrogen (secondary N) is 1. The van der Waals surface area contributed by atoms with Gasteiger partial charge in [0.25, 0.3) is 15.6 Å². The van der Waals surface area contributed by atoms with E-state index >= 15 is 0 Å². The standard InChI is InChI=1S/C23H22N4O4S/c1-14-7-6-8-15(13-14)25-27-18-11-4-2-9-16(18)21(28)20(23(27)29)22-24-17-10-3-5-12-19(17)32(30,31)26-22/h2-5,9-12,14,28H,6-8,13H2,1H3,(H,24,26)/b25-15-/t14-/m1/s1. The van der Waals surface area contributed by atoms with E-state index in [1.807, 2.05) is 0 Å². The molecule has 1 saturated carbocycles. The Balaban J connectivity index is 1.76. The second kappa shape index (κ2) is 7.59. The van der Waals surface area contributed by atoms with Gasteiger partial charge in [-0.25, -0.2) is 0 Å². The van der Waals surface area contributed by atoms with E-state index < -0.39 is 15.6 Å². The first kappa shape index (κ1) is 20.4. The second-order valence-electron chi connectivity index (χ2n) is 8.26. The molecule has 2 heterocycles. The van der Waals surface area contributed by atoms with Gasteiger partial charge >= 0.3 is 0 Å². The molecule has 164 valence electrons. The zero-order chi connectivity index (χ0) is 22.5. The molecule has 5 rings (SSSR count). The van der Waals surface area contributed by atoms with Crippen LogP contribution < -0.4 is 10.9 Å². The molecule has 2 N–H and O–H groups in total. The van der Waals surface area contributed by atoms with Gasteiger partial charge in [-0.15, -0.1) is 4.40 Å². The molecular formula is C23H22N4O4S. The van der Waals surface area contributed by atoms with Crippen molar-refractivity contribution < 1.29 is 13.5 Å². The molecule has 8 nitrogen and oxygen atoms in total. The van der Waals surface area contributed by atoms with Crippen molar-refractivity contribution in [1.82, 2.24) is 4.68 Å². The number of aromatic hydroxyl groups is 1. The van der Waals surface area contributed by atoms with Crippen molar-refractivity contribution in [3.8, 4) is 5.75 Å². The lowest BCUT2D eigenvalue weighted by molar-refractivity contribution is 0.477. The fourth-order valence-corrected chi connectivity index (χ4v) is 5.46. The zero-order valence-corrected chi connectivity index (χ0v) is 18.3. The summed E-state index contributed by atoms with van der Waals surface area (Å²) in [5, 5.41) is 18.9. The van der Waals surface area contributed by atoms with E-state index in [9.17, 15) is 18.3 Å².